The smallest absolute Gasteiger partial charge is 0.328 e. The molecule has 1 aliphatic rings. The summed E-state index contributed by atoms with van der Waals surface area (Å²) in [5.41, 5.74) is 5.79. The molecule has 0 saturated heterocycles. The van der Waals surface area contributed by atoms with Crippen LogP contribution >= 0.6 is 11.8 Å². The summed E-state index contributed by atoms with van der Waals surface area (Å²) in [7, 11) is 0. The highest BCUT2D eigenvalue weighted by atomic mass is 32.2. The van der Waals surface area contributed by atoms with Crippen LogP contribution in [0.25, 0.3) is 0 Å². The molecule has 6 heteroatoms. The van der Waals surface area contributed by atoms with E-state index >= 15 is 0 Å². The van der Waals surface area contributed by atoms with Crippen LogP contribution in [0, 0.1) is 0 Å². The lowest BCUT2D eigenvalue weighted by Gasteiger charge is -2.24. The number of hydrogen-bond acceptors (Lipinski definition) is 4. The van der Waals surface area contributed by atoms with E-state index in [9.17, 15) is 4.79 Å². The number of rotatable bonds is 4. The van der Waals surface area contributed by atoms with Crippen molar-refractivity contribution in [3.63, 3.8) is 0 Å². The van der Waals surface area contributed by atoms with Gasteiger partial charge in [0.1, 0.15) is 0 Å². The Kier molecular flexibility index (Phi) is 4.28. The van der Waals surface area contributed by atoms with E-state index in [1.165, 1.54) is 0 Å². The van der Waals surface area contributed by atoms with Crippen LogP contribution in [-0.2, 0) is 6.54 Å². The van der Waals surface area contributed by atoms with Crippen molar-refractivity contribution in [1.29, 1.82) is 0 Å². The largest absolute Gasteiger partial charge is 0.343 e. The molecular weight excluding hydrogens is 236 g/mol. The van der Waals surface area contributed by atoms with Crippen molar-refractivity contribution in [3.05, 3.63) is 10.5 Å². The van der Waals surface area contributed by atoms with E-state index in [-0.39, 0.29) is 5.69 Å². The van der Waals surface area contributed by atoms with Crippen molar-refractivity contribution in [1.82, 2.24) is 14.8 Å². The first kappa shape index (κ1) is 12.7. The van der Waals surface area contributed by atoms with Gasteiger partial charge in [-0.3, -0.25) is 4.57 Å². The Morgan fingerprint density at radius 3 is 2.82 bits per heavy atom. The van der Waals surface area contributed by atoms with Crippen molar-refractivity contribution >= 4 is 11.8 Å². The standard InChI is InChI=1S/C11H20N4OS/c1-2-7-15-10(16)13-14-11(15)17-9-5-3-8(12)4-6-9/h8-9H,2-7,12H2,1H3,(H,13,16). The Bertz CT molecular complexity index is 406. The molecule has 0 aliphatic heterocycles. The van der Waals surface area contributed by atoms with Gasteiger partial charge in [-0.2, -0.15) is 0 Å². The molecule has 0 radical (unpaired) electrons. The second-order valence-electron chi connectivity index (χ2n) is 4.62. The second kappa shape index (κ2) is 5.73. The summed E-state index contributed by atoms with van der Waals surface area (Å²) in [4.78, 5) is 11.5. The fourth-order valence-corrected chi connectivity index (χ4v) is 3.38. The maximum absolute atomic E-state index is 11.5. The Morgan fingerprint density at radius 2 is 2.18 bits per heavy atom. The van der Waals surface area contributed by atoms with Gasteiger partial charge in [0.25, 0.3) is 0 Å². The topological polar surface area (TPSA) is 76.7 Å². The molecule has 3 N–H and O–H groups in total. The van der Waals surface area contributed by atoms with Crippen LogP contribution in [0.4, 0.5) is 0 Å². The zero-order valence-corrected chi connectivity index (χ0v) is 11.0. The van der Waals surface area contributed by atoms with Crippen molar-refractivity contribution in [2.75, 3.05) is 0 Å². The Hall–Kier alpha value is -0.750. The molecule has 1 aliphatic carbocycles. The van der Waals surface area contributed by atoms with Crippen molar-refractivity contribution in [2.24, 2.45) is 5.73 Å². The number of H-pyrrole nitrogens is 1. The molecule has 2 rings (SSSR count). The average molecular weight is 256 g/mol. The lowest BCUT2D eigenvalue weighted by molar-refractivity contribution is 0.449. The van der Waals surface area contributed by atoms with E-state index in [2.05, 4.69) is 17.1 Å². The molecule has 0 atom stereocenters. The quantitative estimate of drug-likeness (QED) is 0.852. The molecule has 1 aromatic rings. The van der Waals surface area contributed by atoms with E-state index in [1.54, 1.807) is 16.3 Å². The van der Waals surface area contributed by atoms with E-state index in [1.807, 2.05) is 0 Å². The molecule has 1 heterocycles. The van der Waals surface area contributed by atoms with Crippen LogP contribution in [0.3, 0.4) is 0 Å². The number of nitrogens with two attached hydrogens (primary N) is 1. The number of hydrogen-bond donors (Lipinski definition) is 2. The van der Waals surface area contributed by atoms with Gasteiger partial charge in [0.15, 0.2) is 5.16 Å². The Balaban J connectivity index is 2.01. The summed E-state index contributed by atoms with van der Waals surface area (Å²) in [6.07, 6.45) is 5.36. The molecule has 0 spiro atoms. The van der Waals surface area contributed by atoms with Gasteiger partial charge >= 0.3 is 5.69 Å². The number of aromatic nitrogens is 3. The first-order chi connectivity index (χ1) is 8.20. The van der Waals surface area contributed by atoms with Crippen LogP contribution in [0.1, 0.15) is 39.0 Å². The highest BCUT2D eigenvalue weighted by Gasteiger charge is 2.21. The fraction of sp³-hybridized carbons (Fsp3) is 0.818. The molecule has 17 heavy (non-hydrogen) atoms. The van der Waals surface area contributed by atoms with Gasteiger partial charge in [-0.05, 0) is 32.1 Å². The van der Waals surface area contributed by atoms with Gasteiger partial charge in [-0.15, -0.1) is 5.10 Å². The number of thioether (sulfide) groups is 1. The lowest BCUT2D eigenvalue weighted by atomic mass is 9.96. The molecule has 1 aromatic heterocycles. The molecule has 5 nitrogen and oxygen atoms in total. The highest BCUT2D eigenvalue weighted by molar-refractivity contribution is 7.99. The van der Waals surface area contributed by atoms with Crippen LogP contribution < -0.4 is 11.4 Å². The number of nitrogens with one attached hydrogen (secondary N) is 1. The van der Waals surface area contributed by atoms with Gasteiger partial charge in [0.05, 0.1) is 0 Å². The van der Waals surface area contributed by atoms with Crippen LogP contribution in [0.5, 0.6) is 0 Å². The molecule has 1 fully saturated rings. The van der Waals surface area contributed by atoms with Crippen molar-refractivity contribution < 1.29 is 0 Å². The summed E-state index contributed by atoms with van der Waals surface area (Å²) in [5.74, 6) is 0. The van der Waals surface area contributed by atoms with Gasteiger partial charge in [-0.1, -0.05) is 18.7 Å². The van der Waals surface area contributed by atoms with E-state index < -0.39 is 0 Å². The molecule has 1 saturated carbocycles. The number of nitrogens with zero attached hydrogens (tertiary/aromatic N) is 2. The van der Waals surface area contributed by atoms with E-state index in [0.717, 1.165) is 43.8 Å². The predicted molar refractivity (Wildman–Crippen MR) is 69.2 cm³/mol. The van der Waals surface area contributed by atoms with Crippen LogP contribution in [-0.4, -0.2) is 26.1 Å². The lowest BCUT2D eigenvalue weighted by Crippen LogP contribution is -2.27. The minimum absolute atomic E-state index is 0.0955. The second-order valence-corrected chi connectivity index (χ2v) is 5.89. The third-order valence-electron chi connectivity index (χ3n) is 3.16. The minimum atomic E-state index is -0.0955. The van der Waals surface area contributed by atoms with Crippen LogP contribution in [0.15, 0.2) is 9.95 Å². The summed E-state index contributed by atoms with van der Waals surface area (Å²) < 4.78 is 1.74. The summed E-state index contributed by atoms with van der Waals surface area (Å²) in [5, 5.41) is 8.02. The Morgan fingerprint density at radius 1 is 1.47 bits per heavy atom. The summed E-state index contributed by atoms with van der Waals surface area (Å²) in [6.45, 7) is 2.80. The predicted octanol–water partition coefficient (Wildman–Crippen LogP) is 1.34. The highest BCUT2D eigenvalue weighted by Crippen LogP contribution is 2.31. The van der Waals surface area contributed by atoms with Crippen molar-refractivity contribution in [3.8, 4) is 0 Å². The van der Waals surface area contributed by atoms with Crippen LogP contribution in [0.2, 0.25) is 0 Å². The molecule has 0 unspecified atom stereocenters. The molecular formula is C11H20N4OS. The fourth-order valence-electron chi connectivity index (χ4n) is 2.17. The zero-order chi connectivity index (χ0) is 12.3. The molecule has 0 bridgehead atoms. The van der Waals surface area contributed by atoms with Gasteiger partial charge in [-0.25, -0.2) is 9.89 Å². The first-order valence-corrected chi connectivity index (χ1v) is 7.16. The maximum Gasteiger partial charge on any atom is 0.343 e. The first-order valence-electron chi connectivity index (χ1n) is 6.28. The third-order valence-corrected chi connectivity index (χ3v) is 4.49. The van der Waals surface area contributed by atoms with Gasteiger partial charge in [0.2, 0.25) is 0 Å². The summed E-state index contributed by atoms with van der Waals surface area (Å²) in [6, 6.07) is 0.365. The summed E-state index contributed by atoms with van der Waals surface area (Å²) >= 11 is 1.72. The molecule has 0 aromatic carbocycles. The number of aromatic amines is 1. The minimum Gasteiger partial charge on any atom is -0.328 e. The van der Waals surface area contributed by atoms with Crippen molar-refractivity contribution in [2.45, 2.75) is 62.0 Å². The SMILES string of the molecule is CCCn1c(SC2CCC(N)CC2)n[nH]c1=O. The van der Waals surface area contributed by atoms with Gasteiger partial charge in [0, 0.05) is 17.8 Å². The maximum atomic E-state index is 11.5. The Labute approximate surface area is 105 Å². The molecule has 0 amide bonds. The van der Waals surface area contributed by atoms with E-state index in [0.29, 0.717) is 11.3 Å². The monoisotopic (exact) mass is 256 g/mol. The average Bonchev–Trinajstić information content (AvgIpc) is 2.65. The zero-order valence-electron chi connectivity index (χ0n) is 10.2. The molecule has 96 valence electrons. The normalized spacial score (nSPS) is 25.1. The van der Waals surface area contributed by atoms with E-state index in [4.69, 9.17) is 5.73 Å². The third kappa shape index (κ3) is 3.13. The van der Waals surface area contributed by atoms with Gasteiger partial charge < -0.3 is 5.73 Å².